The van der Waals surface area contributed by atoms with E-state index in [9.17, 15) is 0 Å². The van der Waals surface area contributed by atoms with Crippen LogP contribution in [-0.2, 0) is 12.8 Å². The lowest BCUT2D eigenvalue weighted by Crippen LogP contribution is -1.93. The molecule has 0 heterocycles. The highest BCUT2D eigenvalue weighted by atomic mass is 14.1. The Morgan fingerprint density at radius 2 is 1.86 bits per heavy atom. The Labute approximate surface area is 88.4 Å². The van der Waals surface area contributed by atoms with Crippen LogP contribution in [0.1, 0.15) is 50.3 Å². The molecule has 0 heteroatoms. The van der Waals surface area contributed by atoms with Crippen LogP contribution in [0.25, 0.3) is 0 Å². The summed E-state index contributed by atoms with van der Waals surface area (Å²) < 4.78 is 0. The van der Waals surface area contributed by atoms with E-state index < -0.39 is 0 Å². The lowest BCUT2D eigenvalue weighted by atomic mass is 9.97. The summed E-state index contributed by atoms with van der Waals surface area (Å²) in [6, 6.07) is 6.87. The molecule has 0 bridgehead atoms. The molecule has 0 aliphatic rings. The molecule has 0 aliphatic heterocycles. The van der Waals surface area contributed by atoms with Gasteiger partial charge in [0.1, 0.15) is 0 Å². The molecular weight excluding hydrogens is 168 g/mol. The minimum absolute atomic E-state index is 1.14. The van der Waals surface area contributed by atoms with Gasteiger partial charge in [-0.3, -0.25) is 0 Å². The highest BCUT2D eigenvalue weighted by Crippen LogP contribution is 2.17. The molecule has 0 saturated carbocycles. The smallest absolute Gasteiger partial charge is 0.00904 e. The Hall–Kier alpha value is -0.780. The first kappa shape index (κ1) is 11.3. The van der Waals surface area contributed by atoms with Gasteiger partial charge in [-0.15, -0.1) is 0 Å². The first-order valence-electron chi connectivity index (χ1n) is 5.76. The zero-order chi connectivity index (χ0) is 10.4. The number of aryl methyl sites for hydroxylation is 2. The molecule has 14 heavy (non-hydrogen) atoms. The molecule has 0 fully saturated rings. The topological polar surface area (TPSA) is 0 Å². The number of unbranched alkanes of at least 4 members (excludes halogenated alkanes) is 1. The lowest BCUT2D eigenvalue weighted by Gasteiger charge is -2.08. The van der Waals surface area contributed by atoms with Crippen LogP contribution in [0, 0.1) is 6.42 Å². The summed E-state index contributed by atoms with van der Waals surface area (Å²) in [5, 5.41) is 0. The van der Waals surface area contributed by atoms with Crippen LogP contribution in [0.15, 0.2) is 18.2 Å². The maximum absolute atomic E-state index is 2.36. The van der Waals surface area contributed by atoms with E-state index in [0.29, 0.717) is 0 Å². The zero-order valence-electron chi connectivity index (χ0n) is 9.64. The minimum atomic E-state index is 1.14. The van der Waals surface area contributed by atoms with E-state index in [1.54, 1.807) is 0 Å². The van der Waals surface area contributed by atoms with Gasteiger partial charge in [0.05, 0.1) is 0 Å². The molecule has 0 spiro atoms. The van der Waals surface area contributed by atoms with Gasteiger partial charge < -0.3 is 0 Å². The van der Waals surface area contributed by atoms with Crippen molar-refractivity contribution in [2.45, 2.75) is 46.5 Å². The minimum Gasteiger partial charge on any atom is -0.0654 e. The standard InChI is InChI=1S/C14H21/c1-4-7-8-14-10-9-12(5-2)11-13(14)6-3/h8-11H,4-7H2,1-3H3. The van der Waals surface area contributed by atoms with Gasteiger partial charge in [-0.1, -0.05) is 45.4 Å². The molecule has 0 amide bonds. The van der Waals surface area contributed by atoms with Gasteiger partial charge >= 0.3 is 0 Å². The van der Waals surface area contributed by atoms with Crippen LogP contribution in [0.4, 0.5) is 0 Å². The van der Waals surface area contributed by atoms with E-state index in [2.05, 4.69) is 45.4 Å². The van der Waals surface area contributed by atoms with E-state index in [1.165, 1.54) is 29.5 Å². The van der Waals surface area contributed by atoms with Crippen LogP contribution in [0.5, 0.6) is 0 Å². The highest BCUT2D eigenvalue weighted by Gasteiger charge is 2.01. The van der Waals surface area contributed by atoms with E-state index >= 15 is 0 Å². The van der Waals surface area contributed by atoms with Gasteiger partial charge in [0.15, 0.2) is 0 Å². The van der Waals surface area contributed by atoms with Gasteiger partial charge in [0.25, 0.3) is 0 Å². The van der Waals surface area contributed by atoms with Gasteiger partial charge in [-0.2, -0.15) is 0 Å². The van der Waals surface area contributed by atoms with Crippen molar-refractivity contribution in [3.05, 3.63) is 41.3 Å². The van der Waals surface area contributed by atoms with E-state index in [1.807, 2.05) is 0 Å². The maximum atomic E-state index is 2.36. The summed E-state index contributed by atoms with van der Waals surface area (Å²) in [5.74, 6) is 0. The number of rotatable bonds is 5. The van der Waals surface area contributed by atoms with E-state index in [-0.39, 0.29) is 0 Å². The van der Waals surface area contributed by atoms with Gasteiger partial charge in [-0.05, 0) is 42.4 Å². The van der Waals surface area contributed by atoms with Crippen molar-refractivity contribution in [1.82, 2.24) is 0 Å². The van der Waals surface area contributed by atoms with Crippen LogP contribution >= 0.6 is 0 Å². The van der Waals surface area contributed by atoms with Crippen molar-refractivity contribution in [2.75, 3.05) is 0 Å². The van der Waals surface area contributed by atoms with Crippen molar-refractivity contribution in [3.8, 4) is 0 Å². The third kappa shape index (κ3) is 2.87. The first-order valence-corrected chi connectivity index (χ1v) is 5.76. The fraction of sp³-hybridized carbons (Fsp3) is 0.500. The number of hydrogen-bond donors (Lipinski definition) is 0. The average molecular weight is 189 g/mol. The van der Waals surface area contributed by atoms with Gasteiger partial charge in [0, 0.05) is 0 Å². The largest absolute Gasteiger partial charge is 0.0654 e. The van der Waals surface area contributed by atoms with Crippen LogP contribution in [0.3, 0.4) is 0 Å². The highest BCUT2D eigenvalue weighted by molar-refractivity contribution is 5.36. The predicted octanol–water partition coefficient (Wildman–Crippen LogP) is 4.16. The molecule has 1 rings (SSSR count). The molecule has 0 saturated heterocycles. The predicted molar refractivity (Wildman–Crippen MR) is 63.5 cm³/mol. The fourth-order valence-electron chi connectivity index (χ4n) is 1.68. The molecule has 1 aromatic carbocycles. The molecule has 0 aromatic heterocycles. The van der Waals surface area contributed by atoms with Crippen molar-refractivity contribution in [2.24, 2.45) is 0 Å². The SMILES string of the molecule is CCC[CH]c1ccc(CC)cc1CC. The monoisotopic (exact) mass is 189 g/mol. The van der Waals surface area contributed by atoms with Crippen LogP contribution in [-0.4, -0.2) is 0 Å². The van der Waals surface area contributed by atoms with Crippen molar-refractivity contribution in [3.63, 3.8) is 0 Å². The quantitative estimate of drug-likeness (QED) is 0.652. The molecule has 0 atom stereocenters. The Morgan fingerprint density at radius 3 is 2.43 bits per heavy atom. The van der Waals surface area contributed by atoms with Crippen molar-refractivity contribution >= 4 is 0 Å². The average Bonchev–Trinajstić information content (AvgIpc) is 2.26. The summed E-state index contributed by atoms with van der Waals surface area (Å²) in [5.41, 5.74) is 4.39. The van der Waals surface area contributed by atoms with Gasteiger partial charge in [0.2, 0.25) is 0 Å². The summed E-state index contributed by atoms with van der Waals surface area (Å²) in [7, 11) is 0. The molecule has 0 nitrogen and oxygen atoms in total. The molecule has 1 radical (unpaired) electrons. The second kappa shape index (κ2) is 5.85. The Bertz CT molecular complexity index is 273. The summed E-state index contributed by atoms with van der Waals surface area (Å²) >= 11 is 0. The van der Waals surface area contributed by atoms with Gasteiger partial charge in [-0.25, -0.2) is 0 Å². The lowest BCUT2D eigenvalue weighted by molar-refractivity contribution is 0.905. The van der Waals surface area contributed by atoms with Crippen molar-refractivity contribution < 1.29 is 0 Å². The number of benzene rings is 1. The molecule has 77 valence electrons. The molecular formula is C14H21. The Kier molecular flexibility index (Phi) is 4.72. The normalized spacial score (nSPS) is 10.5. The maximum Gasteiger partial charge on any atom is -0.00904 e. The zero-order valence-corrected chi connectivity index (χ0v) is 9.64. The Balaban J connectivity index is 2.82. The molecule has 1 aromatic rings. The summed E-state index contributed by atoms with van der Waals surface area (Å²) in [6.45, 7) is 6.67. The van der Waals surface area contributed by atoms with Crippen LogP contribution in [0.2, 0.25) is 0 Å². The van der Waals surface area contributed by atoms with Crippen molar-refractivity contribution in [1.29, 1.82) is 0 Å². The molecule has 0 unspecified atom stereocenters. The third-order valence-corrected chi connectivity index (χ3v) is 2.65. The number of hydrogen-bond acceptors (Lipinski definition) is 0. The second-order valence-corrected chi connectivity index (χ2v) is 3.73. The molecule has 0 aliphatic carbocycles. The second-order valence-electron chi connectivity index (χ2n) is 3.73. The first-order chi connectivity index (χ1) is 6.81. The summed E-state index contributed by atoms with van der Waals surface area (Å²) in [6.07, 6.45) is 7.07. The van der Waals surface area contributed by atoms with Crippen LogP contribution < -0.4 is 0 Å². The molecule has 0 N–H and O–H groups in total. The third-order valence-electron chi connectivity index (χ3n) is 2.65. The summed E-state index contributed by atoms with van der Waals surface area (Å²) in [4.78, 5) is 0. The van der Waals surface area contributed by atoms with E-state index in [0.717, 1.165) is 12.8 Å². The van der Waals surface area contributed by atoms with E-state index in [4.69, 9.17) is 0 Å². The Morgan fingerprint density at radius 1 is 1.07 bits per heavy atom. The fourth-order valence-corrected chi connectivity index (χ4v) is 1.68.